The highest BCUT2D eigenvalue weighted by molar-refractivity contribution is 9.12. The molecule has 13 nitrogen and oxygen atoms in total. The summed E-state index contributed by atoms with van der Waals surface area (Å²) in [6, 6.07) is 0. The van der Waals surface area contributed by atoms with Gasteiger partial charge in [-0.25, -0.2) is 0 Å². The topological polar surface area (TPSA) is 177 Å². The number of methoxy groups -OCH3 is 2. The van der Waals surface area contributed by atoms with E-state index < -0.39 is 35.2 Å². The highest BCUT2D eigenvalue weighted by atomic mass is 79.9. The Labute approximate surface area is 274 Å². The van der Waals surface area contributed by atoms with Gasteiger partial charge in [0.1, 0.15) is 35.1 Å². The number of ether oxygens (including phenoxy) is 2. The van der Waals surface area contributed by atoms with Gasteiger partial charge >= 0.3 is 0 Å². The second-order valence-electron chi connectivity index (χ2n) is 9.65. The first-order chi connectivity index (χ1) is 19.9. The molecule has 0 saturated carbocycles. The standard InChI is InChI=1S/C25H26Br4N4O9/c1-39-18-12(26)6-24(20(35)16(18)28)8-14(32-41-24)22(37)30-5-3-4-11(34)10-31-23(38)15-9-25(42-33-15)7-13(27)19(40-2)17(29)21(25)36/h6-7,20-21,35-36H,3-5,8-10H2,1-2H3,(H,30,37)(H,31,38). The number of nitrogens with zero attached hydrogens (tertiary/aromatic N) is 2. The number of ketones is 1. The molecule has 0 fully saturated rings. The second-order valence-corrected chi connectivity index (χ2v) is 13.1. The average molecular weight is 846 g/mol. The summed E-state index contributed by atoms with van der Waals surface area (Å²) >= 11 is 13.3. The van der Waals surface area contributed by atoms with E-state index in [1.807, 2.05) is 0 Å². The third-order valence-electron chi connectivity index (χ3n) is 6.85. The van der Waals surface area contributed by atoms with E-state index in [1.54, 1.807) is 12.2 Å². The van der Waals surface area contributed by atoms with Crippen molar-refractivity contribution in [3.63, 3.8) is 0 Å². The molecule has 2 aliphatic heterocycles. The Bertz CT molecular complexity index is 1380. The zero-order valence-corrected chi connectivity index (χ0v) is 28.6. The van der Waals surface area contributed by atoms with Gasteiger partial charge in [0, 0.05) is 25.8 Å². The molecule has 2 spiro atoms. The van der Waals surface area contributed by atoms with Crippen LogP contribution < -0.4 is 10.6 Å². The van der Waals surface area contributed by atoms with Gasteiger partial charge in [0.2, 0.25) is 0 Å². The molecule has 4 atom stereocenters. The van der Waals surface area contributed by atoms with Crippen molar-refractivity contribution in [1.82, 2.24) is 10.6 Å². The molecular weight excluding hydrogens is 820 g/mol. The van der Waals surface area contributed by atoms with Crippen molar-refractivity contribution < 1.29 is 43.7 Å². The summed E-state index contributed by atoms with van der Waals surface area (Å²) in [4.78, 5) is 48.5. The number of hydrogen-bond acceptors (Lipinski definition) is 11. The Balaban J connectivity index is 1.18. The molecule has 2 amide bonds. The number of Topliss-reactive ketones (excluding diaryl/α,β-unsaturated/α-hetero) is 1. The lowest BCUT2D eigenvalue weighted by atomic mass is 9.87. The minimum absolute atomic E-state index is 0.0194. The number of nitrogens with one attached hydrogen (secondary N) is 2. The molecule has 228 valence electrons. The fourth-order valence-electron chi connectivity index (χ4n) is 4.60. The highest BCUT2D eigenvalue weighted by Crippen LogP contribution is 2.45. The summed E-state index contributed by atoms with van der Waals surface area (Å²) < 4.78 is 12.3. The van der Waals surface area contributed by atoms with E-state index in [4.69, 9.17) is 19.1 Å². The van der Waals surface area contributed by atoms with Crippen LogP contribution >= 0.6 is 63.7 Å². The van der Waals surface area contributed by atoms with Crippen LogP contribution in [0, 0.1) is 0 Å². The van der Waals surface area contributed by atoms with E-state index in [-0.39, 0.29) is 49.6 Å². The lowest BCUT2D eigenvalue weighted by Crippen LogP contribution is -2.45. The first kappa shape index (κ1) is 32.9. The number of carbonyl (C=O) groups excluding carboxylic acids is 3. The first-order valence-electron chi connectivity index (χ1n) is 12.5. The van der Waals surface area contributed by atoms with E-state index >= 15 is 0 Å². The third-order valence-corrected chi connectivity index (χ3v) is 9.62. The van der Waals surface area contributed by atoms with Gasteiger partial charge in [0.25, 0.3) is 11.8 Å². The van der Waals surface area contributed by atoms with Crippen LogP contribution in [0.2, 0.25) is 0 Å². The zero-order chi connectivity index (χ0) is 30.8. The van der Waals surface area contributed by atoms with Gasteiger partial charge in [-0.05, 0) is 82.3 Å². The van der Waals surface area contributed by atoms with Crippen LogP contribution in [0.1, 0.15) is 25.7 Å². The summed E-state index contributed by atoms with van der Waals surface area (Å²) in [6.07, 6.45) is 1.27. The van der Waals surface area contributed by atoms with Gasteiger partial charge in [-0.15, -0.1) is 0 Å². The van der Waals surface area contributed by atoms with Crippen molar-refractivity contribution in [2.75, 3.05) is 27.3 Å². The van der Waals surface area contributed by atoms with Gasteiger partial charge < -0.3 is 40.0 Å². The molecule has 0 aromatic carbocycles. The quantitative estimate of drug-likeness (QED) is 0.241. The number of aliphatic hydroxyl groups excluding tert-OH is 2. The maximum absolute atomic E-state index is 12.6. The number of amides is 2. The van der Waals surface area contributed by atoms with Gasteiger partial charge in [-0.2, -0.15) is 0 Å². The fourth-order valence-corrected chi connectivity index (χ4v) is 8.18. The van der Waals surface area contributed by atoms with Crippen molar-refractivity contribution in [2.24, 2.45) is 10.3 Å². The average Bonchev–Trinajstić information content (AvgIpc) is 3.58. The lowest BCUT2D eigenvalue weighted by molar-refractivity contribution is -0.122. The molecular formula is C25H26Br4N4O9. The number of allylic oxidation sites excluding steroid dienone is 2. The molecule has 0 saturated heterocycles. The van der Waals surface area contributed by atoms with Crippen LogP contribution in [-0.2, 0) is 33.5 Å². The number of aliphatic hydroxyl groups is 2. The van der Waals surface area contributed by atoms with Crippen LogP contribution in [0.25, 0.3) is 0 Å². The predicted molar refractivity (Wildman–Crippen MR) is 164 cm³/mol. The number of hydrogen-bond donors (Lipinski definition) is 4. The Kier molecular flexibility index (Phi) is 10.4. The third kappa shape index (κ3) is 6.40. The smallest absolute Gasteiger partial charge is 0.269 e. The summed E-state index contributed by atoms with van der Waals surface area (Å²) in [6.45, 7) is -0.0651. The van der Waals surface area contributed by atoms with Crippen molar-refractivity contribution in [2.45, 2.75) is 49.1 Å². The van der Waals surface area contributed by atoms with E-state index in [1.165, 1.54) is 14.2 Å². The predicted octanol–water partition coefficient (Wildman–Crippen LogP) is 2.41. The molecule has 17 heteroatoms. The van der Waals surface area contributed by atoms with Crippen molar-refractivity contribution >= 4 is 92.7 Å². The van der Waals surface area contributed by atoms with Crippen LogP contribution in [0.15, 0.2) is 51.9 Å². The number of rotatable bonds is 10. The van der Waals surface area contributed by atoms with E-state index in [9.17, 15) is 24.6 Å². The highest BCUT2D eigenvalue weighted by Gasteiger charge is 2.51. The van der Waals surface area contributed by atoms with Crippen LogP contribution in [0.5, 0.6) is 0 Å². The molecule has 0 bridgehead atoms. The summed E-state index contributed by atoms with van der Waals surface area (Å²) in [5.74, 6) is -0.538. The molecule has 0 aromatic heterocycles. The number of carbonyl (C=O) groups is 3. The van der Waals surface area contributed by atoms with E-state index in [0.29, 0.717) is 35.9 Å². The summed E-state index contributed by atoms with van der Waals surface area (Å²) in [5, 5.41) is 34.3. The normalized spacial score (nSPS) is 28.5. The van der Waals surface area contributed by atoms with Crippen molar-refractivity contribution in [3.8, 4) is 0 Å². The second kappa shape index (κ2) is 13.3. The Hall–Kier alpha value is -2.05. The fraction of sp³-hybridized carbons (Fsp3) is 0.480. The summed E-state index contributed by atoms with van der Waals surface area (Å²) in [5.41, 5.74) is -2.45. The molecule has 0 aromatic rings. The lowest BCUT2D eigenvalue weighted by Gasteiger charge is -2.33. The molecule has 4 aliphatic rings. The van der Waals surface area contributed by atoms with Crippen molar-refractivity contribution in [3.05, 3.63) is 41.6 Å². The molecule has 0 radical (unpaired) electrons. The van der Waals surface area contributed by atoms with Crippen molar-refractivity contribution in [1.29, 1.82) is 0 Å². The van der Waals surface area contributed by atoms with Gasteiger partial charge in [0.15, 0.2) is 17.0 Å². The Morgan fingerprint density at radius 2 is 1.33 bits per heavy atom. The minimum Gasteiger partial charge on any atom is -0.495 e. The SMILES string of the molecule is COC1=C(Br)C(O)C2(C=C1Br)CC(C(=O)NCCCC(=O)CNC(=O)C1=NOC3(C=C(Br)C(OC)=C(Br)C3O)C1)=NO2. The summed E-state index contributed by atoms with van der Waals surface area (Å²) in [7, 11) is 2.92. The number of halogens is 4. The molecule has 2 heterocycles. The maximum atomic E-state index is 12.6. The minimum atomic E-state index is -1.30. The van der Waals surface area contributed by atoms with Gasteiger partial charge in [0.05, 0.1) is 38.7 Å². The Morgan fingerprint density at radius 1 is 0.881 bits per heavy atom. The van der Waals surface area contributed by atoms with Gasteiger partial charge in [-0.3, -0.25) is 14.4 Å². The molecule has 4 N–H and O–H groups in total. The largest absolute Gasteiger partial charge is 0.495 e. The number of oxime groups is 2. The molecule has 42 heavy (non-hydrogen) atoms. The zero-order valence-electron chi connectivity index (χ0n) is 22.2. The maximum Gasteiger partial charge on any atom is 0.269 e. The van der Waals surface area contributed by atoms with Crippen LogP contribution in [0.3, 0.4) is 0 Å². The monoisotopic (exact) mass is 842 g/mol. The van der Waals surface area contributed by atoms with Crippen LogP contribution in [-0.4, -0.2) is 90.0 Å². The first-order valence-corrected chi connectivity index (χ1v) is 15.6. The van der Waals surface area contributed by atoms with Crippen LogP contribution in [0.4, 0.5) is 0 Å². The molecule has 4 rings (SSSR count). The van der Waals surface area contributed by atoms with E-state index in [0.717, 1.165) is 0 Å². The van der Waals surface area contributed by atoms with E-state index in [2.05, 4.69) is 84.7 Å². The molecule has 4 unspecified atom stereocenters. The van der Waals surface area contributed by atoms with Gasteiger partial charge in [-0.1, -0.05) is 10.3 Å². The molecule has 2 aliphatic carbocycles. The Morgan fingerprint density at radius 3 is 1.79 bits per heavy atom.